The summed E-state index contributed by atoms with van der Waals surface area (Å²) >= 11 is 4.90. The van der Waals surface area contributed by atoms with Gasteiger partial charge in [0, 0.05) is 10.2 Å². The zero-order valence-electron chi connectivity index (χ0n) is 13.1. The van der Waals surface area contributed by atoms with E-state index in [1.807, 2.05) is 42.5 Å². The maximum atomic E-state index is 12.8. The molecule has 0 spiro atoms. The van der Waals surface area contributed by atoms with E-state index < -0.39 is 6.10 Å². The number of aliphatic hydroxyl groups is 1. The van der Waals surface area contributed by atoms with Gasteiger partial charge >= 0.3 is 0 Å². The average molecular weight is 405 g/mol. The number of nitrogens with zero attached hydrogens (tertiary/aromatic N) is 2. The molecule has 2 aromatic carbocycles. The monoisotopic (exact) mass is 404 g/mol. The quantitative estimate of drug-likeness (QED) is 0.518. The first-order chi connectivity index (χ1) is 11.5. The van der Waals surface area contributed by atoms with Gasteiger partial charge in [0.05, 0.1) is 23.6 Å². The van der Waals surface area contributed by atoms with Gasteiger partial charge in [-0.3, -0.25) is 9.36 Å². The predicted molar refractivity (Wildman–Crippen MR) is 101 cm³/mol. The van der Waals surface area contributed by atoms with Crippen LogP contribution in [0.15, 0.2) is 63.0 Å². The fraction of sp³-hybridized carbons (Fsp3) is 0.222. The summed E-state index contributed by atoms with van der Waals surface area (Å²) in [5, 5.41) is 10.9. The van der Waals surface area contributed by atoms with Crippen molar-refractivity contribution >= 4 is 38.6 Å². The van der Waals surface area contributed by atoms with Crippen LogP contribution in [-0.4, -0.2) is 20.8 Å². The van der Waals surface area contributed by atoms with Crippen LogP contribution in [0.25, 0.3) is 10.9 Å². The van der Waals surface area contributed by atoms with Gasteiger partial charge in [0.15, 0.2) is 5.16 Å². The van der Waals surface area contributed by atoms with E-state index in [0.29, 0.717) is 16.1 Å². The van der Waals surface area contributed by atoms with Crippen LogP contribution in [-0.2, 0) is 12.3 Å². The molecular formula is C18H17BrN2O2S. The molecule has 0 radical (unpaired) electrons. The topological polar surface area (TPSA) is 55.1 Å². The molecule has 4 nitrogen and oxygen atoms in total. The van der Waals surface area contributed by atoms with E-state index in [2.05, 4.69) is 20.9 Å². The minimum atomic E-state index is -0.620. The lowest BCUT2D eigenvalue weighted by Gasteiger charge is -2.14. The molecule has 0 aliphatic heterocycles. The Morgan fingerprint density at radius 3 is 2.71 bits per heavy atom. The second kappa shape index (κ2) is 7.51. The van der Waals surface area contributed by atoms with E-state index >= 15 is 0 Å². The summed E-state index contributed by atoms with van der Waals surface area (Å²) in [5.74, 6) is 0.717. The van der Waals surface area contributed by atoms with E-state index in [-0.39, 0.29) is 12.1 Å². The van der Waals surface area contributed by atoms with Gasteiger partial charge in [-0.05, 0) is 30.7 Å². The number of thioether (sulfide) groups is 1. The number of rotatable bonds is 5. The zero-order valence-corrected chi connectivity index (χ0v) is 15.5. The van der Waals surface area contributed by atoms with Gasteiger partial charge in [-0.1, -0.05) is 58.0 Å². The molecule has 0 fully saturated rings. The van der Waals surface area contributed by atoms with Crippen molar-refractivity contribution in [3.05, 3.63) is 68.9 Å². The summed E-state index contributed by atoms with van der Waals surface area (Å²) in [6.07, 6.45) is -0.620. The molecular weight excluding hydrogens is 388 g/mol. The first-order valence-corrected chi connectivity index (χ1v) is 9.37. The Hall–Kier alpha value is -1.63. The van der Waals surface area contributed by atoms with Crippen LogP contribution in [0.4, 0.5) is 0 Å². The maximum Gasteiger partial charge on any atom is 0.262 e. The summed E-state index contributed by atoms with van der Waals surface area (Å²) in [7, 11) is 0. The van der Waals surface area contributed by atoms with Crippen LogP contribution >= 0.6 is 27.7 Å². The summed E-state index contributed by atoms with van der Waals surface area (Å²) in [6, 6.07) is 15.5. The van der Waals surface area contributed by atoms with E-state index in [1.54, 1.807) is 17.6 Å². The van der Waals surface area contributed by atoms with Crippen LogP contribution in [0.5, 0.6) is 0 Å². The molecule has 1 heterocycles. The highest BCUT2D eigenvalue weighted by Crippen LogP contribution is 2.23. The predicted octanol–water partition coefficient (Wildman–Crippen LogP) is 3.83. The van der Waals surface area contributed by atoms with Crippen molar-refractivity contribution in [2.45, 2.75) is 30.5 Å². The normalized spacial score (nSPS) is 12.5. The number of hydrogen-bond donors (Lipinski definition) is 1. The lowest BCUT2D eigenvalue weighted by atomic mass is 10.2. The average Bonchev–Trinajstić information content (AvgIpc) is 2.57. The van der Waals surface area contributed by atoms with Crippen LogP contribution in [0, 0.1) is 0 Å². The van der Waals surface area contributed by atoms with Crippen molar-refractivity contribution in [2.24, 2.45) is 0 Å². The maximum absolute atomic E-state index is 12.8. The summed E-state index contributed by atoms with van der Waals surface area (Å²) < 4.78 is 2.40. The third-order valence-corrected chi connectivity index (χ3v) is 5.08. The van der Waals surface area contributed by atoms with E-state index in [9.17, 15) is 9.90 Å². The van der Waals surface area contributed by atoms with Crippen molar-refractivity contribution in [3.8, 4) is 0 Å². The third-order valence-electron chi connectivity index (χ3n) is 3.54. The Kier molecular flexibility index (Phi) is 5.38. The van der Waals surface area contributed by atoms with Gasteiger partial charge in [-0.25, -0.2) is 4.98 Å². The molecule has 1 aromatic heterocycles. The lowest BCUT2D eigenvalue weighted by molar-refractivity contribution is 0.168. The molecule has 124 valence electrons. The van der Waals surface area contributed by atoms with E-state index in [4.69, 9.17) is 0 Å². The Bertz CT molecular complexity index is 910. The smallest absolute Gasteiger partial charge is 0.262 e. The van der Waals surface area contributed by atoms with Crippen molar-refractivity contribution in [2.75, 3.05) is 0 Å². The first kappa shape index (κ1) is 17.2. The first-order valence-electron chi connectivity index (χ1n) is 7.59. The summed E-state index contributed by atoms with van der Waals surface area (Å²) in [4.78, 5) is 17.5. The minimum Gasteiger partial charge on any atom is -0.392 e. The molecule has 0 bridgehead atoms. The molecule has 3 aromatic rings. The zero-order chi connectivity index (χ0) is 17.1. The number of halogens is 1. The SMILES string of the molecule is C[C@@H](O)Cn1c(SCc2ccccc2)nc2ccc(Br)cc2c1=O. The Morgan fingerprint density at radius 1 is 1.25 bits per heavy atom. The fourth-order valence-electron chi connectivity index (χ4n) is 2.43. The molecule has 1 N–H and O–H groups in total. The highest BCUT2D eigenvalue weighted by atomic mass is 79.9. The Balaban J connectivity index is 2.04. The van der Waals surface area contributed by atoms with Crippen molar-refractivity contribution in [1.82, 2.24) is 9.55 Å². The van der Waals surface area contributed by atoms with Crippen molar-refractivity contribution in [1.29, 1.82) is 0 Å². The molecule has 1 atom stereocenters. The van der Waals surface area contributed by atoms with Crippen LogP contribution < -0.4 is 5.56 Å². The standard InChI is InChI=1S/C18H17BrN2O2S/c1-12(22)10-21-17(23)15-9-14(19)7-8-16(15)20-18(21)24-11-13-5-3-2-4-6-13/h2-9,12,22H,10-11H2,1H3/t12-/m1/s1. The van der Waals surface area contributed by atoms with Crippen LogP contribution in [0.3, 0.4) is 0 Å². The molecule has 0 aliphatic carbocycles. The highest BCUT2D eigenvalue weighted by Gasteiger charge is 2.13. The Labute approximate surface area is 152 Å². The van der Waals surface area contributed by atoms with Crippen LogP contribution in [0.2, 0.25) is 0 Å². The minimum absolute atomic E-state index is 0.127. The molecule has 0 amide bonds. The molecule has 0 aliphatic rings. The molecule has 6 heteroatoms. The summed E-state index contributed by atoms with van der Waals surface area (Å²) in [6.45, 7) is 1.90. The van der Waals surface area contributed by atoms with Crippen molar-refractivity contribution < 1.29 is 5.11 Å². The van der Waals surface area contributed by atoms with Gasteiger partial charge in [0.25, 0.3) is 5.56 Å². The molecule has 0 unspecified atom stereocenters. The number of benzene rings is 2. The molecule has 3 rings (SSSR count). The molecule has 0 saturated carbocycles. The third kappa shape index (κ3) is 3.88. The summed E-state index contributed by atoms with van der Waals surface area (Å²) in [5.41, 5.74) is 1.70. The van der Waals surface area contributed by atoms with Gasteiger partial charge < -0.3 is 5.11 Å². The van der Waals surface area contributed by atoms with E-state index in [0.717, 1.165) is 15.8 Å². The highest BCUT2D eigenvalue weighted by molar-refractivity contribution is 9.10. The van der Waals surface area contributed by atoms with Gasteiger partial charge in [0.1, 0.15) is 0 Å². The van der Waals surface area contributed by atoms with Crippen LogP contribution in [0.1, 0.15) is 12.5 Å². The number of hydrogen-bond acceptors (Lipinski definition) is 4. The van der Waals surface area contributed by atoms with Crippen molar-refractivity contribution in [3.63, 3.8) is 0 Å². The van der Waals surface area contributed by atoms with E-state index in [1.165, 1.54) is 11.8 Å². The van der Waals surface area contributed by atoms with Gasteiger partial charge in [0.2, 0.25) is 0 Å². The van der Waals surface area contributed by atoms with Gasteiger partial charge in [-0.2, -0.15) is 0 Å². The molecule has 24 heavy (non-hydrogen) atoms. The second-order valence-corrected chi connectivity index (χ2v) is 7.45. The Morgan fingerprint density at radius 2 is 2.00 bits per heavy atom. The lowest BCUT2D eigenvalue weighted by Crippen LogP contribution is -2.27. The van der Waals surface area contributed by atoms with Gasteiger partial charge in [-0.15, -0.1) is 0 Å². The largest absolute Gasteiger partial charge is 0.392 e. The number of fused-ring (bicyclic) bond motifs is 1. The number of aliphatic hydroxyl groups excluding tert-OH is 1. The second-order valence-electron chi connectivity index (χ2n) is 5.59. The fourth-order valence-corrected chi connectivity index (χ4v) is 3.76. The molecule has 0 saturated heterocycles. The number of aromatic nitrogens is 2.